The fraction of sp³-hybridized carbons (Fsp3) is 0.692. The largest absolute Gasteiger partial charge is 0.120 e. The van der Waals surface area contributed by atoms with Crippen molar-refractivity contribution in [2.24, 2.45) is 0 Å². The van der Waals surface area contributed by atoms with Crippen molar-refractivity contribution >= 4 is 0 Å². The van der Waals surface area contributed by atoms with E-state index in [1.165, 1.54) is 19.3 Å². The minimum Gasteiger partial charge on any atom is -0.120 e. The summed E-state index contributed by atoms with van der Waals surface area (Å²) in [6.07, 6.45) is 14.3. The predicted molar refractivity (Wildman–Crippen MR) is 59.2 cm³/mol. The van der Waals surface area contributed by atoms with Gasteiger partial charge >= 0.3 is 0 Å². The van der Waals surface area contributed by atoms with Crippen LogP contribution in [0.1, 0.15) is 58.3 Å². The van der Waals surface area contributed by atoms with Crippen molar-refractivity contribution in [3.05, 3.63) is 0 Å². The Morgan fingerprint density at radius 1 is 0.846 bits per heavy atom. The molecule has 0 unspecified atom stereocenters. The second-order valence-corrected chi connectivity index (χ2v) is 3.22. The Hall–Kier alpha value is -0.880. The van der Waals surface area contributed by atoms with Gasteiger partial charge in [-0.25, -0.2) is 0 Å². The Kier molecular flexibility index (Phi) is 10.4. The fourth-order valence-corrected chi connectivity index (χ4v) is 1.08. The van der Waals surface area contributed by atoms with Gasteiger partial charge in [0.25, 0.3) is 0 Å². The number of hydrogen-bond acceptors (Lipinski definition) is 0. The molecule has 0 rings (SSSR count). The van der Waals surface area contributed by atoms with Crippen LogP contribution in [0.25, 0.3) is 0 Å². The van der Waals surface area contributed by atoms with Gasteiger partial charge in [0.2, 0.25) is 0 Å². The predicted octanol–water partition coefficient (Wildman–Crippen LogP) is 3.76. The van der Waals surface area contributed by atoms with Crippen LogP contribution in [0.3, 0.4) is 0 Å². The van der Waals surface area contributed by atoms with Gasteiger partial charge in [-0.15, -0.1) is 24.2 Å². The maximum absolute atomic E-state index is 5.14. The molecule has 0 radical (unpaired) electrons. The quantitative estimate of drug-likeness (QED) is 0.427. The van der Waals surface area contributed by atoms with Crippen LogP contribution in [-0.2, 0) is 0 Å². The molecule has 0 heteroatoms. The Morgan fingerprint density at radius 3 is 1.92 bits per heavy atom. The molecule has 0 aromatic rings. The Morgan fingerprint density at radius 2 is 1.38 bits per heavy atom. The zero-order valence-electron chi connectivity index (χ0n) is 8.73. The van der Waals surface area contributed by atoms with Gasteiger partial charge in [-0.3, -0.25) is 0 Å². The maximum atomic E-state index is 5.14. The monoisotopic (exact) mass is 176 g/mol. The molecule has 0 aromatic heterocycles. The molecule has 0 nitrogen and oxygen atoms in total. The van der Waals surface area contributed by atoms with Crippen LogP contribution in [0.5, 0.6) is 0 Å². The van der Waals surface area contributed by atoms with Gasteiger partial charge in [-0.05, 0) is 19.3 Å². The lowest BCUT2D eigenvalue weighted by molar-refractivity contribution is 0.735. The number of terminal acetylenes is 1. The minimum absolute atomic E-state index is 0.900. The highest BCUT2D eigenvalue weighted by Crippen LogP contribution is 1.99. The van der Waals surface area contributed by atoms with Crippen molar-refractivity contribution in [2.45, 2.75) is 58.3 Å². The average molecular weight is 176 g/mol. The highest BCUT2D eigenvalue weighted by atomic mass is 13.9. The van der Waals surface area contributed by atoms with E-state index in [0.29, 0.717) is 0 Å². The molecule has 0 aliphatic carbocycles. The van der Waals surface area contributed by atoms with Crippen LogP contribution in [-0.4, -0.2) is 0 Å². The zero-order chi connectivity index (χ0) is 9.78. The van der Waals surface area contributed by atoms with E-state index in [1.54, 1.807) is 0 Å². The first-order valence-electron chi connectivity index (χ1n) is 5.31. The molecule has 0 saturated heterocycles. The Labute approximate surface area is 83.1 Å². The first-order valence-corrected chi connectivity index (χ1v) is 5.31. The van der Waals surface area contributed by atoms with E-state index in [9.17, 15) is 0 Å². The molecular formula is C13H20. The van der Waals surface area contributed by atoms with Crippen molar-refractivity contribution in [3.63, 3.8) is 0 Å². The summed E-state index contributed by atoms with van der Waals surface area (Å²) in [5, 5.41) is 0. The van der Waals surface area contributed by atoms with Gasteiger partial charge in [0.15, 0.2) is 0 Å². The van der Waals surface area contributed by atoms with Crippen LogP contribution in [0.4, 0.5) is 0 Å². The molecule has 0 saturated carbocycles. The van der Waals surface area contributed by atoms with E-state index in [0.717, 1.165) is 32.1 Å². The van der Waals surface area contributed by atoms with Crippen LogP contribution >= 0.6 is 0 Å². The normalized spacial score (nSPS) is 8.62. The van der Waals surface area contributed by atoms with E-state index < -0.39 is 0 Å². The third-order valence-corrected chi connectivity index (χ3v) is 1.90. The lowest BCUT2D eigenvalue weighted by Gasteiger charge is -1.90. The highest BCUT2D eigenvalue weighted by Gasteiger charge is 1.83. The van der Waals surface area contributed by atoms with E-state index in [2.05, 4.69) is 24.7 Å². The van der Waals surface area contributed by atoms with Crippen molar-refractivity contribution in [3.8, 4) is 24.2 Å². The van der Waals surface area contributed by atoms with Gasteiger partial charge in [0.05, 0.1) is 0 Å². The molecule has 0 N–H and O–H groups in total. The van der Waals surface area contributed by atoms with Gasteiger partial charge in [0, 0.05) is 19.3 Å². The standard InChI is InChI=1S/C13H20/c1-3-5-7-9-11-13-12-10-8-6-4-2/h1H,4-11H2,2H3. The van der Waals surface area contributed by atoms with Crippen LogP contribution in [0, 0.1) is 24.2 Å². The van der Waals surface area contributed by atoms with Gasteiger partial charge in [0.1, 0.15) is 0 Å². The first-order chi connectivity index (χ1) is 6.41. The zero-order valence-corrected chi connectivity index (χ0v) is 8.73. The molecule has 0 atom stereocenters. The third-order valence-electron chi connectivity index (χ3n) is 1.90. The van der Waals surface area contributed by atoms with Gasteiger partial charge < -0.3 is 0 Å². The molecule has 72 valence electrons. The van der Waals surface area contributed by atoms with Crippen molar-refractivity contribution in [2.75, 3.05) is 0 Å². The molecule has 0 amide bonds. The summed E-state index contributed by atoms with van der Waals surface area (Å²) in [5.41, 5.74) is 0. The lowest BCUT2D eigenvalue weighted by atomic mass is 10.2. The topological polar surface area (TPSA) is 0 Å². The van der Waals surface area contributed by atoms with Crippen molar-refractivity contribution in [1.82, 2.24) is 0 Å². The fourth-order valence-electron chi connectivity index (χ4n) is 1.08. The van der Waals surface area contributed by atoms with Gasteiger partial charge in [-0.2, -0.15) is 0 Å². The van der Waals surface area contributed by atoms with Crippen LogP contribution in [0.15, 0.2) is 0 Å². The smallest absolute Gasteiger partial charge is 0.00890 e. The number of unbranched alkanes of at least 4 members (excludes halogenated alkanes) is 6. The molecule has 0 spiro atoms. The average Bonchev–Trinajstić information content (AvgIpc) is 2.16. The molecule has 0 bridgehead atoms. The second kappa shape index (κ2) is 11.1. The molecule has 13 heavy (non-hydrogen) atoms. The maximum Gasteiger partial charge on any atom is 0.00890 e. The summed E-state index contributed by atoms with van der Waals surface area (Å²) in [4.78, 5) is 0. The molecule has 0 aromatic carbocycles. The summed E-state index contributed by atoms with van der Waals surface area (Å²) < 4.78 is 0. The summed E-state index contributed by atoms with van der Waals surface area (Å²) in [6, 6.07) is 0. The van der Waals surface area contributed by atoms with Crippen molar-refractivity contribution in [1.29, 1.82) is 0 Å². The Balaban J connectivity index is 3.07. The van der Waals surface area contributed by atoms with Crippen LogP contribution < -0.4 is 0 Å². The molecular weight excluding hydrogens is 156 g/mol. The molecule has 0 aliphatic rings. The minimum atomic E-state index is 0.900. The van der Waals surface area contributed by atoms with Crippen molar-refractivity contribution < 1.29 is 0 Å². The van der Waals surface area contributed by atoms with Crippen LogP contribution in [0.2, 0.25) is 0 Å². The highest BCUT2D eigenvalue weighted by molar-refractivity contribution is 4.98. The first kappa shape index (κ1) is 12.1. The molecule has 0 aliphatic heterocycles. The number of rotatable bonds is 6. The summed E-state index contributed by atoms with van der Waals surface area (Å²) in [6.45, 7) is 2.22. The van der Waals surface area contributed by atoms with E-state index in [-0.39, 0.29) is 0 Å². The van der Waals surface area contributed by atoms with E-state index in [4.69, 9.17) is 6.42 Å². The number of hydrogen-bond donors (Lipinski definition) is 0. The van der Waals surface area contributed by atoms with E-state index >= 15 is 0 Å². The lowest BCUT2D eigenvalue weighted by Crippen LogP contribution is -1.74. The van der Waals surface area contributed by atoms with Gasteiger partial charge in [-0.1, -0.05) is 19.8 Å². The summed E-state index contributed by atoms with van der Waals surface area (Å²) in [5.74, 6) is 9.02. The third kappa shape index (κ3) is 11.1. The molecule has 0 heterocycles. The Bertz CT molecular complexity index is 184. The summed E-state index contributed by atoms with van der Waals surface area (Å²) >= 11 is 0. The summed E-state index contributed by atoms with van der Waals surface area (Å²) in [7, 11) is 0. The molecule has 0 fully saturated rings. The SMILES string of the molecule is C#CCCCCC#CCCCCC. The van der Waals surface area contributed by atoms with E-state index in [1.807, 2.05) is 0 Å². The second-order valence-electron chi connectivity index (χ2n) is 3.22.